The molecular formula is C70H62N2. The zero-order chi connectivity index (χ0) is 49.4. The molecule has 0 radical (unpaired) electrons. The second-order valence-electron chi connectivity index (χ2n) is 21.3. The molecule has 0 saturated heterocycles. The Kier molecular flexibility index (Phi) is 11.3. The Morgan fingerprint density at radius 2 is 0.917 bits per heavy atom. The van der Waals surface area contributed by atoms with E-state index in [1.165, 1.54) is 116 Å². The lowest BCUT2D eigenvalue weighted by molar-refractivity contribution is 0.834. The van der Waals surface area contributed by atoms with E-state index in [9.17, 15) is 0 Å². The molecule has 0 N–H and O–H groups in total. The molecule has 0 heterocycles. The largest absolute Gasteiger partial charge is 0.310 e. The van der Waals surface area contributed by atoms with Gasteiger partial charge in [0.1, 0.15) is 0 Å². The van der Waals surface area contributed by atoms with E-state index in [2.05, 4.69) is 265 Å². The van der Waals surface area contributed by atoms with Crippen molar-refractivity contribution in [2.45, 2.75) is 79.6 Å². The molecule has 352 valence electrons. The van der Waals surface area contributed by atoms with Crippen molar-refractivity contribution in [1.29, 1.82) is 0 Å². The van der Waals surface area contributed by atoms with Gasteiger partial charge >= 0.3 is 0 Å². The quantitative estimate of drug-likeness (QED) is 0.126. The molecule has 1 unspecified atom stereocenters. The fraction of sp³-hybridized carbons (Fsp3) is 0.171. The lowest BCUT2D eigenvalue weighted by Crippen LogP contribution is -2.14. The van der Waals surface area contributed by atoms with Crippen molar-refractivity contribution in [3.05, 3.63) is 244 Å². The second kappa shape index (κ2) is 18.0. The minimum absolute atomic E-state index is 0.165. The fourth-order valence-electron chi connectivity index (χ4n) is 11.9. The van der Waals surface area contributed by atoms with E-state index >= 15 is 0 Å². The molecule has 11 aromatic carbocycles. The first kappa shape index (κ1) is 45.2. The molecule has 0 spiro atoms. The summed E-state index contributed by atoms with van der Waals surface area (Å²) >= 11 is 0. The molecule has 0 aliphatic heterocycles. The normalized spacial score (nSPS) is 13.6. The van der Waals surface area contributed by atoms with Gasteiger partial charge in [0.05, 0.1) is 11.4 Å². The summed E-state index contributed by atoms with van der Waals surface area (Å²) in [5.74, 6) is 1.02. The van der Waals surface area contributed by atoms with Crippen LogP contribution in [0.2, 0.25) is 0 Å². The monoisotopic (exact) mass is 930 g/mol. The summed E-state index contributed by atoms with van der Waals surface area (Å²) in [6.45, 7) is 18.0. The molecular weight excluding hydrogens is 869 g/mol. The van der Waals surface area contributed by atoms with Crippen LogP contribution >= 0.6 is 0 Å². The first-order chi connectivity index (χ1) is 34.9. The number of fused-ring (bicyclic) bond motifs is 2. The van der Waals surface area contributed by atoms with Crippen molar-refractivity contribution in [1.82, 2.24) is 0 Å². The molecule has 0 fully saturated rings. The maximum Gasteiger partial charge on any atom is 0.0546 e. The van der Waals surface area contributed by atoms with Crippen LogP contribution in [0.25, 0.3) is 60.3 Å². The molecule has 0 amide bonds. The van der Waals surface area contributed by atoms with Gasteiger partial charge in [-0.2, -0.15) is 0 Å². The standard InChI is InChI=1S/C70H62N2/c1-43(2)49-21-25-57(26-22-49)71(59-35-45(5)33-46(6)36-59)67-41-65(55-19-17-51-13-9-11-15-53(51)39-55)61-30-32-64-68(72(60-37-47(7)34-48(8)38-60)58-27-23-50(24-28-58)44(3)4)42-66(62-29-31-63(67)69(61)70(62)64)56-20-18-52-14-10-12-16-54(52)40-56/h9-39,41-44,56H,40H2,1-8H3. The summed E-state index contributed by atoms with van der Waals surface area (Å²) in [7, 11) is 0. The number of anilines is 6. The Labute approximate surface area is 425 Å². The summed E-state index contributed by atoms with van der Waals surface area (Å²) in [6, 6.07) is 72.1. The van der Waals surface area contributed by atoms with E-state index in [0.29, 0.717) is 11.8 Å². The van der Waals surface area contributed by atoms with Crippen LogP contribution in [0.5, 0.6) is 0 Å². The number of rotatable bonds is 10. The maximum atomic E-state index is 2.54. The SMILES string of the molecule is Cc1cc(C)cc(N(c2ccc(C(C)C)cc2)c2cc(-c3ccc4ccccc4c3)c3ccc4c(N(c5ccc(C(C)C)cc5)c5cc(C)cc(C)c5)cc(C5C=Cc6ccccc6C5)c5ccc2c3c54)c1. The summed E-state index contributed by atoms with van der Waals surface area (Å²) in [5.41, 5.74) is 21.1. The number of hydrogen-bond donors (Lipinski definition) is 0. The molecule has 2 heteroatoms. The highest BCUT2D eigenvalue weighted by molar-refractivity contribution is 6.31. The van der Waals surface area contributed by atoms with Crippen LogP contribution in [-0.4, -0.2) is 0 Å². The predicted molar refractivity (Wildman–Crippen MR) is 312 cm³/mol. The minimum Gasteiger partial charge on any atom is -0.310 e. The van der Waals surface area contributed by atoms with Gasteiger partial charge in [-0.1, -0.05) is 161 Å². The zero-order valence-electron chi connectivity index (χ0n) is 42.9. The Morgan fingerprint density at radius 3 is 1.50 bits per heavy atom. The molecule has 1 aliphatic carbocycles. The van der Waals surface area contributed by atoms with E-state index in [1.54, 1.807) is 0 Å². The van der Waals surface area contributed by atoms with Crippen LogP contribution in [-0.2, 0) is 6.42 Å². The molecule has 0 bridgehead atoms. The molecule has 1 aliphatic rings. The third-order valence-corrected chi connectivity index (χ3v) is 15.4. The van der Waals surface area contributed by atoms with Crippen molar-refractivity contribution >= 4 is 83.3 Å². The molecule has 12 rings (SSSR count). The van der Waals surface area contributed by atoms with Gasteiger partial charge in [-0.25, -0.2) is 0 Å². The zero-order valence-corrected chi connectivity index (χ0v) is 42.9. The van der Waals surface area contributed by atoms with Gasteiger partial charge in [-0.3, -0.25) is 0 Å². The Balaban J connectivity index is 1.23. The highest BCUT2D eigenvalue weighted by atomic mass is 15.2. The maximum absolute atomic E-state index is 2.54. The number of aryl methyl sites for hydroxylation is 4. The van der Waals surface area contributed by atoms with E-state index in [0.717, 1.165) is 29.2 Å². The Bertz CT molecular complexity index is 3850. The van der Waals surface area contributed by atoms with Gasteiger partial charge in [0.25, 0.3) is 0 Å². The molecule has 0 aromatic heterocycles. The molecule has 11 aromatic rings. The van der Waals surface area contributed by atoms with Crippen molar-refractivity contribution in [2.24, 2.45) is 0 Å². The van der Waals surface area contributed by atoms with E-state index in [1.807, 2.05) is 0 Å². The first-order valence-corrected chi connectivity index (χ1v) is 26.0. The van der Waals surface area contributed by atoms with E-state index in [-0.39, 0.29) is 5.92 Å². The van der Waals surface area contributed by atoms with Gasteiger partial charge in [-0.05, 0) is 201 Å². The average molecular weight is 931 g/mol. The summed E-state index contributed by atoms with van der Waals surface area (Å²) < 4.78 is 0. The van der Waals surface area contributed by atoms with E-state index in [4.69, 9.17) is 0 Å². The number of hydrogen-bond acceptors (Lipinski definition) is 2. The number of nitrogens with zero attached hydrogens (tertiary/aromatic N) is 2. The minimum atomic E-state index is 0.165. The summed E-state index contributed by atoms with van der Waals surface area (Å²) in [5, 5.41) is 10.1. The van der Waals surface area contributed by atoms with Crippen LogP contribution in [0.3, 0.4) is 0 Å². The average Bonchev–Trinajstić information content (AvgIpc) is 3.38. The highest BCUT2D eigenvalue weighted by Crippen LogP contribution is 2.53. The fourth-order valence-corrected chi connectivity index (χ4v) is 11.9. The van der Waals surface area contributed by atoms with Gasteiger partial charge < -0.3 is 9.80 Å². The first-order valence-electron chi connectivity index (χ1n) is 26.0. The predicted octanol–water partition coefficient (Wildman–Crippen LogP) is 20.2. The Morgan fingerprint density at radius 1 is 0.417 bits per heavy atom. The van der Waals surface area contributed by atoms with Gasteiger partial charge in [0.15, 0.2) is 0 Å². The van der Waals surface area contributed by atoms with Crippen LogP contribution in [0.15, 0.2) is 194 Å². The topological polar surface area (TPSA) is 6.48 Å². The van der Waals surface area contributed by atoms with Crippen molar-refractivity contribution in [3.63, 3.8) is 0 Å². The van der Waals surface area contributed by atoms with Crippen LogP contribution in [0.1, 0.15) is 95.5 Å². The number of allylic oxidation sites excluding steroid dienone is 1. The third-order valence-electron chi connectivity index (χ3n) is 15.4. The Hall–Kier alpha value is -7.94. The van der Waals surface area contributed by atoms with Crippen molar-refractivity contribution in [2.75, 3.05) is 9.80 Å². The van der Waals surface area contributed by atoms with Gasteiger partial charge in [0.2, 0.25) is 0 Å². The van der Waals surface area contributed by atoms with Crippen LogP contribution < -0.4 is 9.80 Å². The van der Waals surface area contributed by atoms with Crippen LogP contribution in [0.4, 0.5) is 34.1 Å². The van der Waals surface area contributed by atoms with Crippen molar-refractivity contribution < 1.29 is 0 Å². The van der Waals surface area contributed by atoms with Crippen molar-refractivity contribution in [3.8, 4) is 11.1 Å². The second-order valence-corrected chi connectivity index (χ2v) is 21.3. The summed E-state index contributed by atoms with van der Waals surface area (Å²) in [4.78, 5) is 5.07. The number of benzene rings is 11. The van der Waals surface area contributed by atoms with Crippen LogP contribution in [0, 0.1) is 27.7 Å². The molecule has 1 atom stereocenters. The lowest BCUT2D eigenvalue weighted by Gasteiger charge is -2.32. The third kappa shape index (κ3) is 8.00. The molecule has 0 saturated carbocycles. The van der Waals surface area contributed by atoms with E-state index < -0.39 is 0 Å². The lowest BCUT2D eigenvalue weighted by atomic mass is 9.80. The summed E-state index contributed by atoms with van der Waals surface area (Å²) in [6.07, 6.45) is 5.75. The highest BCUT2D eigenvalue weighted by Gasteiger charge is 2.28. The molecule has 72 heavy (non-hydrogen) atoms. The molecule has 2 nitrogen and oxygen atoms in total. The smallest absolute Gasteiger partial charge is 0.0546 e. The van der Waals surface area contributed by atoms with Gasteiger partial charge in [-0.15, -0.1) is 0 Å². The van der Waals surface area contributed by atoms with Gasteiger partial charge in [0, 0.05) is 44.8 Å².